The van der Waals surface area contributed by atoms with Crippen molar-refractivity contribution in [3.8, 4) is 10.6 Å². The summed E-state index contributed by atoms with van der Waals surface area (Å²) >= 11 is 7.20. The van der Waals surface area contributed by atoms with Crippen LogP contribution in [0, 0.1) is 0 Å². The second-order valence-electron chi connectivity index (χ2n) is 4.43. The summed E-state index contributed by atoms with van der Waals surface area (Å²) in [5.74, 6) is 0. The predicted molar refractivity (Wildman–Crippen MR) is 79.5 cm³/mol. The van der Waals surface area contributed by atoms with Gasteiger partial charge in [-0.15, -0.1) is 11.3 Å². The molecule has 0 saturated heterocycles. The molecule has 2 aromatic carbocycles. The van der Waals surface area contributed by atoms with Crippen molar-refractivity contribution in [3.63, 3.8) is 0 Å². The van der Waals surface area contributed by atoms with Gasteiger partial charge in [0.15, 0.2) is 0 Å². The van der Waals surface area contributed by atoms with Gasteiger partial charge in [0.2, 0.25) is 0 Å². The Kier molecular flexibility index (Phi) is 3.30. The molecule has 1 heterocycles. The monoisotopic (exact) mass is 328 g/mol. The molecule has 21 heavy (non-hydrogen) atoms. The molecule has 2 N–H and O–H groups in total. The number of hydrogen-bond donors (Lipinski definition) is 1. The summed E-state index contributed by atoms with van der Waals surface area (Å²) in [6.45, 7) is 0. The fraction of sp³-hybridized carbons (Fsp3) is 0.0714. The highest BCUT2D eigenvalue weighted by Gasteiger charge is 2.30. The van der Waals surface area contributed by atoms with Crippen LogP contribution in [0.25, 0.3) is 20.8 Å². The van der Waals surface area contributed by atoms with Crippen LogP contribution in [-0.2, 0) is 6.18 Å². The number of alkyl halides is 3. The number of anilines is 1. The maximum atomic E-state index is 12.7. The van der Waals surface area contributed by atoms with E-state index in [1.807, 2.05) is 0 Å². The molecule has 0 unspecified atom stereocenters. The lowest BCUT2D eigenvalue weighted by Crippen LogP contribution is -2.03. The van der Waals surface area contributed by atoms with Crippen LogP contribution in [-0.4, -0.2) is 4.98 Å². The third kappa shape index (κ3) is 2.69. The molecule has 0 spiro atoms. The summed E-state index contributed by atoms with van der Waals surface area (Å²) in [6, 6.07) is 8.45. The Morgan fingerprint density at radius 2 is 1.86 bits per heavy atom. The van der Waals surface area contributed by atoms with Gasteiger partial charge in [-0.05, 0) is 36.4 Å². The Morgan fingerprint density at radius 3 is 2.57 bits per heavy atom. The minimum Gasteiger partial charge on any atom is -0.398 e. The van der Waals surface area contributed by atoms with Crippen molar-refractivity contribution in [2.75, 3.05) is 5.73 Å². The predicted octanol–water partition coefficient (Wildman–Crippen LogP) is 5.22. The van der Waals surface area contributed by atoms with Crippen molar-refractivity contribution in [1.82, 2.24) is 4.98 Å². The highest BCUT2D eigenvalue weighted by atomic mass is 35.5. The van der Waals surface area contributed by atoms with E-state index >= 15 is 0 Å². The molecule has 0 aliphatic rings. The first-order chi connectivity index (χ1) is 9.84. The number of hydrogen-bond acceptors (Lipinski definition) is 3. The molecule has 7 heteroatoms. The Balaban J connectivity index is 2.15. The number of rotatable bonds is 1. The molecule has 0 atom stereocenters. The van der Waals surface area contributed by atoms with Gasteiger partial charge in [0.25, 0.3) is 0 Å². The minimum atomic E-state index is -4.38. The summed E-state index contributed by atoms with van der Waals surface area (Å²) in [5, 5.41) is 1.04. The number of nitrogens with zero attached hydrogens (tertiary/aromatic N) is 1. The van der Waals surface area contributed by atoms with Crippen LogP contribution in [0.2, 0.25) is 5.02 Å². The smallest absolute Gasteiger partial charge is 0.398 e. The van der Waals surface area contributed by atoms with Gasteiger partial charge in [-0.25, -0.2) is 4.98 Å². The van der Waals surface area contributed by atoms with E-state index < -0.39 is 11.7 Å². The zero-order valence-corrected chi connectivity index (χ0v) is 12.0. The molecule has 108 valence electrons. The van der Waals surface area contributed by atoms with E-state index in [0.717, 1.165) is 12.1 Å². The highest BCUT2D eigenvalue weighted by Crippen LogP contribution is 2.37. The van der Waals surface area contributed by atoms with Gasteiger partial charge >= 0.3 is 6.18 Å². The number of aromatic nitrogens is 1. The number of benzene rings is 2. The number of halogens is 4. The van der Waals surface area contributed by atoms with Crippen molar-refractivity contribution in [1.29, 1.82) is 0 Å². The lowest BCUT2D eigenvalue weighted by atomic mass is 10.2. The molecular weight excluding hydrogens is 321 g/mol. The van der Waals surface area contributed by atoms with Crippen LogP contribution in [0.1, 0.15) is 5.56 Å². The van der Waals surface area contributed by atoms with E-state index in [9.17, 15) is 13.2 Å². The van der Waals surface area contributed by atoms with Crippen molar-refractivity contribution in [2.45, 2.75) is 6.18 Å². The quantitative estimate of drug-likeness (QED) is 0.622. The molecule has 0 fully saturated rings. The highest BCUT2D eigenvalue weighted by molar-refractivity contribution is 7.21. The Hall–Kier alpha value is -1.79. The normalized spacial score (nSPS) is 12.0. The molecule has 0 bridgehead atoms. The number of nitrogen functional groups attached to an aromatic ring is 1. The fourth-order valence-electron chi connectivity index (χ4n) is 1.93. The Morgan fingerprint density at radius 1 is 1.10 bits per heavy atom. The first kappa shape index (κ1) is 14.2. The molecule has 0 saturated carbocycles. The van der Waals surface area contributed by atoms with E-state index in [2.05, 4.69) is 4.98 Å². The average Bonchev–Trinajstić information content (AvgIpc) is 2.83. The number of nitrogens with two attached hydrogens (primary N) is 1. The standard InChI is InChI=1S/C14H8ClF3N2S/c15-8-2-3-10(19)9(6-8)13-20-11-5-7(14(16,17)18)1-4-12(11)21-13/h1-6H,19H2. The van der Waals surface area contributed by atoms with E-state index in [4.69, 9.17) is 17.3 Å². The van der Waals surface area contributed by atoms with Crippen LogP contribution >= 0.6 is 22.9 Å². The maximum absolute atomic E-state index is 12.7. The van der Waals surface area contributed by atoms with Crippen molar-refractivity contribution in [3.05, 3.63) is 47.0 Å². The third-order valence-electron chi connectivity index (χ3n) is 2.96. The maximum Gasteiger partial charge on any atom is 0.416 e. The van der Waals surface area contributed by atoms with Crippen LogP contribution in [0.15, 0.2) is 36.4 Å². The first-order valence-corrected chi connectivity index (χ1v) is 7.07. The van der Waals surface area contributed by atoms with Crippen molar-refractivity contribution in [2.24, 2.45) is 0 Å². The largest absolute Gasteiger partial charge is 0.416 e. The molecule has 2 nitrogen and oxygen atoms in total. The molecular formula is C14H8ClF3N2S. The molecule has 0 radical (unpaired) electrons. The third-order valence-corrected chi connectivity index (χ3v) is 4.27. The number of thiazole rings is 1. The molecule has 0 aliphatic carbocycles. The van der Waals surface area contributed by atoms with Gasteiger partial charge in [-0.3, -0.25) is 0 Å². The van der Waals surface area contributed by atoms with Gasteiger partial charge < -0.3 is 5.73 Å². The molecule has 1 aromatic heterocycles. The molecule has 3 rings (SSSR count). The second-order valence-corrected chi connectivity index (χ2v) is 5.90. The molecule has 3 aromatic rings. The molecule has 0 aliphatic heterocycles. The van der Waals surface area contributed by atoms with Crippen LogP contribution in [0.4, 0.5) is 18.9 Å². The number of fused-ring (bicyclic) bond motifs is 1. The topological polar surface area (TPSA) is 38.9 Å². The minimum absolute atomic E-state index is 0.296. The van der Waals surface area contributed by atoms with Gasteiger partial charge in [0.05, 0.1) is 15.8 Å². The Labute approximate surface area is 127 Å². The fourth-order valence-corrected chi connectivity index (χ4v) is 3.09. The van der Waals surface area contributed by atoms with Crippen molar-refractivity contribution < 1.29 is 13.2 Å². The molecule has 0 amide bonds. The van der Waals surface area contributed by atoms with Crippen LogP contribution in [0.5, 0.6) is 0 Å². The van der Waals surface area contributed by atoms with Gasteiger partial charge in [-0.1, -0.05) is 11.6 Å². The summed E-state index contributed by atoms with van der Waals surface area (Å²) in [5.41, 5.74) is 6.55. The summed E-state index contributed by atoms with van der Waals surface area (Å²) in [6.07, 6.45) is -4.38. The first-order valence-electron chi connectivity index (χ1n) is 5.88. The summed E-state index contributed by atoms with van der Waals surface area (Å²) < 4.78 is 38.8. The van der Waals surface area contributed by atoms with E-state index in [0.29, 0.717) is 31.5 Å². The zero-order chi connectivity index (χ0) is 15.2. The Bertz CT molecular complexity index is 827. The van der Waals surface area contributed by atoms with E-state index in [-0.39, 0.29) is 0 Å². The summed E-state index contributed by atoms with van der Waals surface area (Å²) in [7, 11) is 0. The average molecular weight is 329 g/mol. The van der Waals surface area contributed by atoms with Crippen LogP contribution < -0.4 is 5.73 Å². The van der Waals surface area contributed by atoms with Crippen LogP contribution in [0.3, 0.4) is 0 Å². The summed E-state index contributed by atoms with van der Waals surface area (Å²) in [4.78, 5) is 4.24. The van der Waals surface area contributed by atoms with E-state index in [1.54, 1.807) is 18.2 Å². The lowest BCUT2D eigenvalue weighted by molar-refractivity contribution is -0.137. The van der Waals surface area contributed by atoms with Gasteiger partial charge in [0.1, 0.15) is 5.01 Å². The van der Waals surface area contributed by atoms with Crippen molar-refractivity contribution >= 4 is 38.8 Å². The van der Waals surface area contributed by atoms with E-state index in [1.165, 1.54) is 17.4 Å². The second kappa shape index (κ2) is 4.89. The lowest BCUT2D eigenvalue weighted by Gasteiger charge is -2.04. The zero-order valence-electron chi connectivity index (χ0n) is 10.4. The SMILES string of the molecule is Nc1ccc(Cl)cc1-c1nc2cc(C(F)(F)F)ccc2s1. The van der Waals surface area contributed by atoms with Gasteiger partial charge in [0, 0.05) is 16.3 Å². The van der Waals surface area contributed by atoms with Gasteiger partial charge in [-0.2, -0.15) is 13.2 Å².